The number of hydrogen-bond donors (Lipinski definition) is 1. The van der Waals surface area contributed by atoms with Crippen molar-refractivity contribution >= 4 is 5.82 Å². The molecular formula is C8H12N2O. The molecule has 0 amide bonds. The highest BCUT2D eigenvalue weighted by Crippen LogP contribution is 2.21. The van der Waals surface area contributed by atoms with Gasteiger partial charge in [0.2, 0.25) is 0 Å². The lowest BCUT2D eigenvalue weighted by Crippen LogP contribution is -1.99. The molecule has 0 fully saturated rings. The van der Waals surface area contributed by atoms with Crippen LogP contribution in [0.4, 0.5) is 5.82 Å². The molecule has 1 heterocycles. The first kappa shape index (κ1) is 7.85. The van der Waals surface area contributed by atoms with Gasteiger partial charge in [0.25, 0.3) is 0 Å². The van der Waals surface area contributed by atoms with Gasteiger partial charge in [0.1, 0.15) is 11.6 Å². The highest BCUT2D eigenvalue weighted by atomic mass is 16.5. The van der Waals surface area contributed by atoms with Crippen molar-refractivity contribution in [3.8, 4) is 5.75 Å². The molecule has 1 aromatic heterocycles. The Balaban J connectivity index is 3.13. The molecule has 0 bridgehead atoms. The summed E-state index contributed by atoms with van der Waals surface area (Å²) in [5.41, 5.74) is 6.60. The number of anilines is 1. The van der Waals surface area contributed by atoms with Crippen molar-refractivity contribution < 1.29 is 4.74 Å². The Bertz CT molecular complexity index is 248. The van der Waals surface area contributed by atoms with Crippen LogP contribution in [-0.4, -0.2) is 12.1 Å². The number of ether oxygens (including phenoxy) is 1. The van der Waals surface area contributed by atoms with Gasteiger partial charge >= 0.3 is 0 Å². The first-order valence-electron chi connectivity index (χ1n) is 3.57. The fourth-order valence-electron chi connectivity index (χ4n) is 1.04. The molecule has 0 spiro atoms. The number of nitrogens with zero attached hydrogens (tertiary/aromatic N) is 1. The summed E-state index contributed by atoms with van der Waals surface area (Å²) in [6, 6.07) is 1.81. The first-order chi connectivity index (χ1) is 5.29. The van der Waals surface area contributed by atoms with Gasteiger partial charge in [-0.1, -0.05) is 6.92 Å². The van der Waals surface area contributed by atoms with E-state index in [2.05, 4.69) is 4.98 Å². The Hall–Kier alpha value is -1.25. The number of nitrogen functional groups attached to an aromatic ring is 1. The summed E-state index contributed by atoms with van der Waals surface area (Å²) in [6.45, 7) is 2.02. The highest BCUT2D eigenvalue weighted by molar-refractivity contribution is 5.48. The van der Waals surface area contributed by atoms with E-state index in [1.54, 1.807) is 13.3 Å². The molecule has 3 nitrogen and oxygen atoms in total. The van der Waals surface area contributed by atoms with E-state index in [9.17, 15) is 0 Å². The SMILES string of the molecule is CCc1c(OC)ccnc1N. The summed E-state index contributed by atoms with van der Waals surface area (Å²) in [7, 11) is 1.63. The standard InChI is InChI=1S/C8H12N2O/c1-3-6-7(11-2)4-5-10-8(6)9/h4-5H,3H2,1-2H3,(H2,9,10). The van der Waals surface area contributed by atoms with Crippen molar-refractivity contribution in [1.82, 2.24) is 4.98 Å². The van der Waals surface area contributed by atoms with Gasteiger partial charge in [-0.25, -0.2) is 4.98 Å². The van der Waals surface area contributed by atoms with Crippen molar-refractivity contribution in [2.45, 2.75) is 13.3 Å². The van der Waals surface area contributed by atoms with E-state index < -0.39 is 0 Å². The first-order valence-corrected chi connectivity index (χ1v) is 3.57. The lowest BCUT2D eigenvalue weighted by molar-refractivity contribution is 0.410. The lowest BCUT2D eigenvalue weighted by atomic mass is 10.2. The summed E-state index contributed by atoms with van der Waals surface area (Å²) in [5, 5.41) is 0. The van der Waals surface area contributed by atoms with E-state index >= 15 is 0 Å². The van der Waals surface area contributed by atoms with Crippen molar-refractivity contribution in [2.24, 2.45) is 0 Å². The Morgan fingerprint density at radius 3 is 2.82 bits per heavy atom. The van der Waals surface area contributed by atoms with E-state index in [0.29, 0.717) is 5.82 Å². The molecule has 0 aromatic carbocycles. The van der Waals surface area contributed by atoms with Crippen molar-refractivity contribution in [3.05, 3.63) is 17.8 Å². The molecule has 0 unspecified atom stereocenters. The minimum atomic E-state index is 0.562. The molecule has 0 aliphatic rings. The largest absolute Gasteiger partial charge is 0.496 e. The van der Waals surface area contributed by atoms with Crippen LogP contribution in [0.15, 0.2) is 12.3 Å². The predicted octanol–water partition coefficient (Wildman–Crippen LogP) is 1.23. The number of hydrogen-bond acceptors (Lipinski definition) is 3. The predicted molar refractivity (Wildman–Crippen MR) is 44.6 cm³/mol. The van der Waals surface area contributed by atoms with Gasteiger partial charge in [-0.15, -0.1) is 0 Å². The summed E-state index contributed by atoms with van der Waals surface area (Å²) in [6.07, 6.45) is 2.50. The molecule has 0 aliphatic heterocycles. The number of rotatable bonds is 2. The maximum Gasteiger partial charge on any atom is 0.130 e. The van der Waals surface area contributed by atoms with Crippen LogP contribution in [0, 0.1) is 0 Å². The van der Waals surface area contributed by atoms with Crippen LogP contribution >= 0.6 is 0 Å². The summed E-state index contributed by atoms with van der Waals surface area (Å²) in [5.74, 6) is 1.38. The fraction of sp³-hybridized carbons (Fsp3) is 0.375. The van der Waals surface area contributed by atoms with Crippen LogP contribution < -0.4 is 10.5 Å². The molecule has 1 aromatic rings. The average molecular weight is 152 g/mol. The molecule has 0 aliphatic carbocycles. The van der Waals surface area contributed by atoms with Crippen LogP contribution in [0.2, 0.25) is 0 Å². The Kier molecular flexibility index (Phi) is 2.31. The number of aromatic nitrogens is 1. The van der Waals surface area contributed by atoms with Crippen LogP contribution in [0.1, 0.15) is 12.5 Å². The molecule has 0 saturated heterocycles. The summed E-state index contributed by atoms with van der Waals surface area (Å²) >= 11 is 0. The molecule has 2 N–H and O–H groups in total. The highest BCUT2D eigenvalue weighted by Gasteiger charge is 2.03. The Labute approximate surface area is 66.2 Å². The molecule has 0 radical (unpaired) electrons. The van der Waals surface area contributed by atoms with E-state index in [0.717, 1.165) is 17.7 Å². The number of methoxy groups -OCH3 is 1. The molecule has 11 heavy (non-hydrogen) atoms. The molecular weight excluding hydrogens is 140 g/mol. The summed E-state index contributed by atoms with van der Waals surface area (Å²) < 4.78 is 5.10. The quantitative estimate of drug-likeness (QED) is 0.693. The third-order valence-corrected chi connectivity index (χ3v) is 1.62. The average Bonchev–Trinajstić information content (AvgIpc) is 2.04. The second-order valence-electron chi connectivity index (χ2n) is 2.23. The van der Waals surface area contributed by atoms with E-state index in [1.165, 1.54) is 0 Å². The van der Waals surface area contributed by atoms with Gasteiger partial charge in [-0.05, 0) is 12.5 Å². The second-order valence-corrected chi connectivity index (χ2v) is 2.23. The van der Waals surface area contributed by atoms with Gasteiger partial charge in [0, 0.05) is 11.8 Å². The number of pyridine rings is 1. The van der Waals surface area contributed by atoms with Gasteiger partial charge in [0.05, 0.1) is 7.11 Å². The van der Waals surface area contributed by atoms with Crippen LogP contribution in [0.3, 0.4) is 0 Å². The zero-order valence-corrected chi connectivity index (χ0v) is 6.79. The summed E-state index contributed by atoms with van der Waals surface area (Å²) in [4.78, 5) is 3.96. The van der Waals surface area contributed by atoms with Crippen LogP contribution in [0.5, 0.6) is 5.75 Å². The molecule has 0 saturated carbocycles. The number of nitrogens with two attached hydrogens (primary N) is 1. The van der Waals surface area contributed by atoms with E-state index in [-0.39, 0.29) is 0 Å². The van der Waals surface area contributed by atoms with Crippen molar-refractivity contribution in [3.63, 3.8) is 0 Å². The maximum atomic E-state index is 5.62. The molecule has 3 heteroatoms. The Morgan fingerprint density at radius 2 is 2.36 bits per heavy atom. The third kappa shape index (κ3) is 1.42. The smallest absolute Gasteiger partial charge is 0.130 e. The molecule has 1 rings (SSSR count). The van der Waals surface area contributed by atoms with Gasteiger partial charge < -0.3 is 10.5 Å². The zero-order chi connectivity index (χ0) is 8.27. The molecule has 60 valence electrons. The van der Waals surface area contributed by atoms with Gasteiger partial charge in [-0.3, -0.25) is 0 Å². The third-order valence-electron chi connectivity index (χ3n) is 1.62. The minimum absolute atomic E-state index is 0.562. The van der Waals surface area contributed by atoms with E-state index in [4.69, 9.17) is 10.5 Å². The monoisotopic (exact) mass is 152 g/mol. The van der Waals surface area contributed by atoms with Crippen molar-refractivity contribution in [2.75, 3.05) is 12.8 Å². The lowest BCUT2D eigenvalue weighted by Gasteiger charge is -2.06. The van der Waals surface area contributed by atoms with Gasteiger partial charge in [0.15, 0.2) is 0 Å². The Morgan fingerprint density at radius 1 is 1.64 bits per heavy atom. The fourth-order valence-corrected chi connectivity index (χ4v) is 1.04. The minimum Gasteiger partial charge on any atom is -0.496 e. The normalized spacial score (nSPS) is 9.64. The maximum absolute atomic E-state index is 5.62. The van der Waals surface area contributed by atoms with Crippen molar-refractivity contribution in [1.29, 1.82) is 0 Å². The molecule has 0 atom stereocenters. The van der Waals surface area contributed by atoms with Crippen LogP contribution in [-0.2, 0) is 6.42 Å². The van der Waals surface area contributed by atoms with Crippen LogP contribution in [0.25, 0.3) is 0 Å². The van der Waals surface area contributed by atoms with E-state index in [1.807, 2.05) is 13.0 Å². The topological polar surface area (TPSA) is 48.1 Å². The zero-order valence-electron chi connectivity index (χ0n) is 6.79. The van der Waals surface area contributed by atoms with Gasteiger partial charge in [-0.2, -0.15) is 0 Å². The second kappa shape index (κ2) is 3.23.